The number of rotatable bonds is 6. The summed E-state index contributed by atoms with van der Waals surface area (Å²) in [6, 6.07) is 6.03. The molecule has 0 radical (unpaired) electrons. The van der Waals surface area contributed by atoms with Crippen molar-refractivity contribution < 1.29 is 23.5 Å². The lowest BCUT2D eigenvalue weighted by molar-refractivity contribution is -0.163. The molecule has 2 rings (SSSR count). The van der Waals surface area contributed by atoms with Crippen LogP contribution < -0.4 is 5.73 Å². The van der Waals surface area contributed by atoms with Gasteiger partial charge in [0.1, 0.15) is 5.82 Å². The highest BCUT2D eigenvalue weighted by atomic mass is 19.1. The van der Waals surface area contributed by atoms with Crippen molar-refractivity contribution in [2.45, 2.75) is 39.2 Å². The van der Waals surface area contributed by atoms with Gasteiger partial charge in [-0.25, -0.2) is 4.39 Å². The molecular weight excluding hydrogens is 339 g/mol. The van der Waals surface area contributed by atoms with Gasteiger partial charge in [-0.2, -0.15) is 0 Å². The molecule has 0 aromatic heterocycles. The maximum Gasteiger partial charge on any atom is 0.309 e. The quantitative estimate of drug-likeness (QED) is 0.778. The van der Waals surface area contributed by atoms with E-state index in [2.05, 4.69) is 0 Å². The number of piperidine rings is 1. The standard InChI is InChI=1S/C19H25FN2O4/c1-12(9-14-5-3-7-16(20)10-14)19(25)26-13(2)18(24)22-8-4-6-15(11-22)17(21)23/h3,5,7,10,12-13,15H,4,6,8-9,11H2,1-2H3,(H2,21,23). The smallest absolute Gasteiger partial charge is 0.309 e. The number of ether oxygens (including phenoxy) is 1. The zero-order chi connectivity index (χ0) is 19.3. The average molecular weight is 364 g/mol. The number of carbonyl (C=O) groups is 3. The van der Waals surface area contributed by atoms with Crippen LogP contribution in [0.25, 0.3) is 0 Å². The monoisotopic (exact) mass is 364 g/mol. The van der Waals surface area contributed by atoms with Crippen LogP contribution in [0.4, 0.5) is 4.39 Å². The second-order valence-corrected chi connectivity index (χ2v) is 6.84. The summed E-state index contributed by atoms with van der Waals surface area (Å²) in [6.45, 7) is 3.97. The summed E-state index contributed by atoms with van der Waals surface area (Å²) in [7, 11) is 0. The van der Waals surface area contributed by atoms with Crippen molar-refractivity contribution in [2.75, 3.05) is 13.1 Å². The fourth-order valence-electron chi connectivity index (χ4n) is 3.11. The SMILES string of the molecule is CC(Cc1cccc(F)c1)C(=O)OC(C)C(=O)N1CCCC(C(N)=O)C1. The molecule has 1 heterocycles. The van der Waals surface area contributed by atoms with E-state index in [1.54, 1.807) is 19.1 Å². The third kappa shape index (κ3) is 5.28. The van der Waals surface area contributed by atoms with Crippen LogP contribution in [-0.2, 0) is 25.5 Å². The summed E-state index contributed by atoms with van der Waals surface area (Å²) in [6.07, 6.45) is 0.739. The molecule has 1 aliphatic heterocycles. The van der Waals surface area contributed by atoms with E-state index in [1.807, 2.05) is 0 Å². The Kier molecular flexibility index (Phi) is 6.71. The lowest BCUT2D eigenvalue weighted by Gasteiger charge is -2.32. The predicted molar refractivity (Wildman–Crippen MR) is 93.3 cm³/mol. The van der Waals surface area contributed by atoms with Gasteiger partial charge in [0.25, 0.3) is 5.91 Å². The van der Waals surface area contributed by atoms with Gasteiger partial charge in [0.2, 0.25) is 5.91 Å². The van der Waals surface area contributed by atoms with Gasteiger partial charge in [-0.1, -0.05) is 19.1 Å². The number of hydrogen-bond acceptors (Lipinski definition) is 4. The molecule has 142 valence electrons. The summed E-state index contributed by atoms with van der Waals surface area (Å²) in [4.78, 5) is 37.6. The lowest BCUT2D eigenvalue weighted by atomic mass is 9.97. The number of esters is 1. The number of benzene rings is 1. The number of amides is 2. The minimum atomic E-state index is -0.941. The molecule has 3 atom stereocenters. The molecule has 3 unspecified atom stereocenters. The highest BCUT2D eigenvalue weighted by molar-refractivity contribution is 5.85. The molecule has 7 heteroatoms. The minimum Gasteiger partial charge on any atom is -0.452 e. The lowest BCUT2D eigenvalue weighted by Crippen LogP contribution is -2.48. The van der Waals surface area contributed by atoms with Crippen LogP contribution >= 0.6 is 0 Å². The minimum absolute atomic E-state index is 0.259. The van der Waals surface area contributed by atoms with Crippen molar-refractivity contribution in [3.63, 3.8) is 0 Å². The Balaban J connectivity index is 1.89. The summed E-state index contributed by atoms with van der Waals surface area (Å²) in [5.41, 5.74) is 6.01. The van der Waals surface area contributed by atoms with Gasteiger partial charge in [-0.3, -0.25) is 14.4 Å². The fourth-order valence-corrected chi connectivity index (χ4v) is 3.11. The maximum absolute atomic E-state index is 13.2. The summed E-state index contributed by atoms with van der Waals surface area (Å²) in [5.74, 6) is -2.49. The molecule has 1 aromatic rings. The molecule has 26 heavy (non-hydrogen) atoms. The molecule has 0 bridgehead atoms. The number of nitrogens with two attached hydrogens (primary N) is 1. The van der Waals surface area contributed by atoms with Crippen LogP contribution in [0.2, 0.25) is 0 Å². The fraction of sp³-hybridized carbons (Fsp3) is 0.526. The molecule has 1 saturated heterocycles. The summed E-state index contributed by atoms with van der Waals surface area (Å²) >= 11 is 0. The van der Waals surface area contributed by atoms with E-state index in [-0.39, 0.29) is 24.2 Å². The Bertz CT molecular complexity index is 679. The molecule has 0 spiro atoms. The van der Waals surface area contributed by atoms with E-state index in [1.165, 1.54) is 24.0 Å². The number of halogens is 1. The van der Waals surface area contributed by atoms with Crippen LogP contribution in [-0.4, -0.2) is 41.9 Å². The first kappa shape index (κ1) is 19.9. The van der Waals surface area contributed by atoms with Crippen LogP contribution in [0, 0.1) is 17.7 Å². The van der Waals surface area contributed by atoms with E-state index in [9.17, 15) is 18.8 Å². The molecule has 0 aliphatic carbocycles. The Hall–Kier alpha value is -2.44. The number of primary amides is 1. The normalized spacial score (nSPS) is 19.5. The summed E-state index contributed by atoms with van der Waals surface area (Å²) < 4.78 is 18.5. The van der Waals surface area contributed by atoms with Gasteiger partial charge in [-0.15, -0.1) is 0 Å². The second-order valence-electron chi connectivity index (χ2n) is 6.84. The van der Waals surface area contributed by atoms with E-state index in [0.29, 0.717) is 31.4 Å². The van der Waals surface area contributed by atoms with Crippen molar-refractivity contribution in [3.8, 4) is 0 Å². The van der Waals surface area contributed by atoms with Gasteiger partial charge in [0.05, 0.1) is 11.8 Å². The molecule has 1 fully saturated rings. The third-order valence-electron chi connectivity index (χ3n) is 4.61. The van der Waals surface area contributed by atoms with Crippen molar-refractivity contribution >= 4 is 17.8 Å². The van der Waals surface area contributed by atoms with Gasteiger partial charge in [0.15, 0.2) is 6.10 Å². The number of carbonyl (C=O) groups excluding carboxylic acids is 3. The van der Waals surface area contributed by atoms with Crippen LogP contribution in [0.1, 0.15) is 32.3 Å². The third-order valence-corrected chi connectivity index (χ3v) is 4.61. The molecule has 1 aliphatic rings. The molecule has 2 amide bonds. The largest absolute Gasteiger partial charge is 0.452 e. The molecule has 0 saturated carbocycles. The summed E-state index contributed by atoms with van der Waals surface area (Å²) in [5, 5.41) is 0. The Labute approximate surface area is 152 Å². The van der Waals surface area contributed by atoms with Crippen LogP contribution in [0.5, 0.6) is 0 Å². The highest BCUT2D eigenvalue weighted by Crippen LogP contribution is 2.18. The van der Waals surface area contributed by atoms with E-state index in [4.69, 9.17) is 10.5 Å². The van der Waals surface area contributed by atoms with Gasteiger partial charge < -0.3 is 15.4 Å². The van der Waals surface area contributed by atoms with Crippen molar-refractivity contribution in [1.29, 1.82) is 0 Å². The topological polar surface area (TPSA) is 89.7 Å². The zero-order valence-electron chi connectivity index (χ0n) is 15.1. The van der Waals surface area contributed by atoms with Crippen LogP contribution in [0.15, 0.2) is 24.3 Å². The predicted octanol–water partition coefficient (Wildman–Crippen LogP) is 1.66. The van der Waals surface area contributed by atoms with Gasteiger partial charge >= 0.3 is 5.97 Å². The molecular formula is C19H25FN2O4. The Morgan fingerprint density at radius 2 is 2.08 bits per heavy atom. The number of hydrogen-bond donors (Lipinski definition) is 1. The van der Waals surface area contributed by atoms with E-state index >= 15 is 0 Å². The first-order valence-electron chi connectivity index (χ1n) is 8.81. The van der Waals surface area contributed by atoms with Crippen LogP contribution in [0.3, 0.4) is 0 Å². The molecule has 1 aromatic carbocycles. The van der Waals surface area contributed by atoms with Crippen molar-refractivity contribution in [1.82, 2.24) is 4.90 Å². The Morgan fingerprint density at radius 1 is 1.35 bits per heavy atom. The van der Waals surface area contributed by atoms with E-state index in [0.717, 1.165) is 0 Å². The molecule has 2 N–H and O–H groups in total. The second kappa shape index (κ2) is 8.78. The molecule has 6 nitrogen and oxygen atoms in total. The van der Waals surface area contributed by atoms with E-state index < -0.39 is 23.9 Å². The maximum atomic E-state index is 13.2. The van der Waals surface area contributed by atoms with Gasteiger partial charge in [0, 0.05) is 13.1 Å². The van der Waals surface area contributed by atoms with Crippen molar-refractivity contribution in [3.05, 3.63) is 35.6 Å². The average Bonchev–Trinajstić information content (AvgIpc) is 2.61. The van der Waals surface area contributed by atoms with Gasteiger partial charge in [-0.05, 0) is 43.9 Å². The zero-order valence-corrected chi connectivity index (χ0v) is 15.1. The number of likely N-dealkylation sites (tertiary alicyclic amines) is 1. The Morgan fingerprint density at radius 3 is 2.73 bits per heavy atom. The first-order chi connectivity index (χ1) is 12.3. The van der Waals surface area contributed by atoms with Crippen molar-refractivity contribution in [2.24, 2.45) is 17.6 Å². The number of nitrogens with zero attached hydrogens (tertiary/aromatic N) is 1. The highest BCUT2D eigenvalue weighted by Gasteiger charge is 2.31. The first-order valence-corrected chi connectivity index (χ1v) is 8.81.